The highest BCUT2D eigenvalue weighted by atomic mass is 16.5. The molecule has 0 unspecified atom stereocenters. The number of nitriles is 1. The Balaban J connectivity index is 2.08. The van der Waals surface area contributed by atoms with Crippen LogP contribution in [0.1, 0.15) is 31.0 Å². The molecule has 23 heavy (non-hydrogen) atoms. The molecule has 0 saturated heterocycles. The number of fused-ring (bicyclic) bond motifs is 1. The van der Waals surface area contributed by atoms with Crippen LogP contribution in [-0.4, -0.2) is 41.3 Å². The minimum atomic E-state index is -0.933. The molecule has 0 bridgehead atoms. The zero-order valence-electron chi connectivity index (χ0n) is 13.2. The summed E-state index contributed by atoms with van der Waals surface area (Å²) in [4.78, 5) is 13.9. The molecular weight excluding hydrogens is 296 g/mol. The van der Waals surface area contributed by atoms with E-state index in [0.29, 0.717) is 22.6 Å². The molecule has 0 spiro atoms. The number of hydrogen-bond donors (Lipinski definition) is 1. The van der Waals surface area contributed by atoms with Crippen molar-refractivity contribution in [1.82, 2.24) is 4.90 Å². The van der Waals surface area contributed by atoms with Gasteiger partial charge in [-0.15, -0.1) is 0 Å². The molecule has 1 aromatic rings. The Hall–Kier alpha value is -2.52. The van der Waals surface area contributed by atoms with Crippen LogP contribution in [0, 0.1) is 11.3 Å². The Labute approximate surface area is 134 Å². The van der Waals surface area contributed by atoms with Crippen molar-refractivity contribution in [1.29, 1.82) is 5.26 Å². The summed E-state index contributed by atoms with van der Waals surface area (Å²) in [5, 5.41) is 19.9. The highest BCUT2D eigenvalue weighted by Crippen LogP contribution is 2.44. The van der Waals surface area contributed by atoms with Crippen LogP contribution < -0.4 is 4.74 Å². The van der Waals surface area contributed by atoms with Gasteiger partial charge in [-0.3, -0.25) is 4.79 Å². The highest BCUT2D eigenvalue weighted by Gasteiger charge is 2.47. The fourth-order valence-corrected chi connectivity index (χ4v) is 3.05. The fourth-order valence-electron chi connectivity index (χ4n) is 3.05. The maximum absolute atomic E-state index is 12.3. The van der Waals surface area contributed by atoms with Crippen molar-refractivity contribution in [3.63, 3.8) is 0 Å². The molecule has 2 atom stereocenters. The summed E-state index contributed by atoms with van der Waals surface area (Å²) in [5.74, 6) is 0.893. The number of aliphatic hydroxyl groups is 1. The van der Waals surface area contributed by atoms with E-state index in [0.717, 1.165) is 0 Å². The van der Waals surface area contributed by atoms with Gasteiger partial charge >= 0.3 is 0 Å². The molecule has 6 nitrogen and oxygen atoms in total. The van der Waals surface area contributed by atoms with Crippen molar-refractivity contribution < 1.29 is 19.4 Å². The molecule has 1 N–H and O–H groups in total. The highest BCUT2D eigenvalue weighted by molar-refractivity contribution is 5.91. The summed E-state index contributed by atoms with van der Waals surface area (Å²) in [6, 6.07) is 6.51. The van der Waals surface area contributed by atoms with E-state index in [-0.39, 0.29) is 12.5 Å². The Kier molecular flexibility index (Phi) is 3.53. The summed E-state index contributed by atoms with van der Waals surface area (Å²) in [5.41, 5.74) is 0.230. The lowest BCUT2D eigenvalue weighted by Crippen LogP contribution is -2.54. The number of methoxy groups -OCH3 is 1. The number of ether oxygens (including phenoxy) is 2. The van der Waals surface area contributed by atoms with Gasteiger partial charge in [0.1, 0.15) is 23.2 Å². The first kappa shape index (κ1) is 15.4. The largest absolute Gasteiger partial charge is 0.499 e. The maximum atomic E-state index is 12.3. The molecule has 3 rings (SSSR count). The van der Waals surface area contributed by atoms with E-state index in [4.69, 9.17) is 14.7 Å². The SMILES string of the molecule is COC1=CC(=O)N([C@H]2c3cc(C#N)ccc3OC(C)(C)[C@@H]2O)C1. The van der Waals surface area contributed by atoms with Crippen molar-refractivity contribution in [3.05, 3.63) is 41.2 Å². The van der Waals surface area contributed by atoms with Crippen LogP contribution in [0.25, 0.3) is 0 Å². The van der Waals surface area contributed by atoms with E-state index in [9.17, 15) is 9.90 Å². The van der Waals surface area contributed by atoms with E-state index in [2.05, 4.69) is 6.07 Å². The first-order valence-electron chi connectivity index (χ1n) is 7.33. The zero-order valence-corrected chi connectivity index (χ0v) is 13.2. The van der Waals surface area contributed by atoms with Gasteiger partial charge in [0, 0.05) is 11.6 Å². The molecule has 2 aliphatic heterocycles. The Morgan fingerprint density at radius 1 is 1.48 bits per heavy atom. The van der Waals surface area contributed by atoms with Gasteiger partial charge < -0.3 is 19.5 Å². The molecular formula is C17H18N2O4. The predicted molar refractivity (Wildman–Crippen MR) is 81.4 cm³/mol. The van der Waals surface area contributed by atoms with Crippen molar-refractivity contribution in [3.8, 4) is 11.8 Å². The number of carbonyl (C=O) groups excluding carboxylic acids is 1. The van der Waals surface area contributed by atoms with Crippen LogP contribution in [-0.2, 0) is 9.53 Å². The van der Waals surface area contributed by atoms with Crippen molar-refractivity contribution >= 4 is 5.91 Å². The molecule has 6 heteroatoms. The standard InChI is InChI=1S/C17H18N2O4/c1-17(2)16(21)15(19-9-11(22-3)7-14(19)20)12-6-10(8-18)4-5-13(12)23-17/h4-7,15-16,21H,9H2,1-3H3/t15-,16+/m0/s1. The summed E-state index contributed by atoms with van der Waals surface area (Å²) in [6.07, 6.45) is 0.487. The number of hydrogen-bond acceptors (Lipinski definition) is 5. The average Bonchev–Trinajstić information content (AvgIpc) is 2.89. The minimum Gasteiger partial charge on any atom is -0.499 e. The minimum absolute atomic E-state index is 0.225. The van der Waals surface area contributed by atoms with Crippen LogP contribution in [0.4, 0.5) is 0 Å². The number of amides is 1. The number of rotatable bonds is 2. The smallest absolute Gasteiger partial charge is 0.251 e. The number of nitrogens with zero attached hydrogens (tertiary/aromatic N) is 2. The molecule has 1 aromatic carbocycles. The monoisotopic (exact) mass is 314 g/mol. The quantitative estimate of drug-likeness (QED) is 0.894. The van der Waals surface area contributed by atoms with Crippen molar-refractivity contribution in [2.75, 3.05) is 13.7 Å². The molecule has 0 fully saturated rings. The molecule has 120 valence electrons. The molecule has 0 aliphatic carbocycles. The van der Waals surface area contributed by atoms with Gasteiger partial charge in [0.25, 0.3) is 5.91 Å². The van der Waals surface area contributed by atoms with E-state index in [1.54, 1.807) is 36.9 Å². The second-order valence-electron chi connectivity index (χ2n) is 6.24. The van der Waals surface area contributed by atoms with Gasteiger partial charge in [0.05, 0.1) is 31.3 Å². The van der Waals surface area contributed by atoms with Gasteiger partial charge in [-0.2, -0.15) is 5.26 Å². The summed E-state index contributed by atoms with van der Waals surface area (Å²) in [6.45, 7) is 3.83. The number of benzene rings is 1. The zero-order chi connectivity index (χ0) is 16.8. The topological polar surface area (TPSA) is 82.8 Å². The van der Waals surface area contributed by atoms with Gasteiger partial charge in [-0.1, -0.05) is 0 Å². The Morgan fingerprint density at radius 3 is 2.83 bits per heavy atom. The second-order valence-corrected chi connectivity index (χ2v) is 6.24. The second kappa shape index (κ2) is 5.28. The first-order valence-corrected chi connectivity index (χ1v) is 7.33. The fraction of sp³-hybridized carbons (Fsp3) is 0.412. The van der Waals surface area contributed by atoms with Crippen LogP contribution in [0.2, 0.25) is 0 Å². The third-order valence-corrected chi connectivity index (χ3v) is 4.33. The van der Waals surface area contributed by atoms with Gasteiger partial charge in [0.2, 0.25) is 0 Å². The summed E-state index contributed by atoms with van der Waals surface area (Å²) < 4.78 is 11.0. The lowest BCUT2D eigenvalue weighted by atomic mass is 9.85. The summed E-state index contributed by atoms with van der Waals surface area (Å²) >= 11 is 0. The van der Waals surface area contributed by atoms with Crippen LogP contribution >= 0.6 is 0 Å². The third-order valence-electron chi connectivity index (χ3n) is 4.33. The number of carbonyl (C=O) groups is 1. The lowest BCUT2D eigenvalue weighted by Gasteiger charge is -2.45. The molecule has 0 aromatic heterocycles. The molecule has 2 aliphatic rings. The van der Waals surface area contributed by atoms with Gasteiger partial charge in [0.15, 0.2) is 0 Å². The van der Waals surface area contributed by atoms with E-state index in [1.165, 1.54) is 13.2 Å². The van der Waals surface area contributed by atoms with E-state index in [1.807, 2.05) is 0 Å². The maximum Gasteiger partial charge on any atom is 0.251 e. The van der Waals surface area contributed by atoms with E-state index < -0.39 is 17.7 Å². The van der Waals surface area contributed by atoms with Crippen LogP contribution in [0.15, 0.2) is 30.0 Å². The van der Waals surface area contributed by atoms with Gasteiger partial charge in [-0.05, 0) is 32.0 Å². The first-order chi connectivity index (χ1) is 10.9. The summed E-state index contributed by atoms with van der Waals surface area (Å²) in [7, 11) is 1.51. The third kappa shape index (κ3) is 2.43. The number of aliphatic hydroxyl groups excluding tert-OH is 1. The molecule has 0 radical (unpaired) electrons. The van der Waals surface area contributed by atoms with Crippen molar-refractivity contribution in [2.24, 2.45) is 0 Å². The molecule has 1 amide bonds. The Morgan fingerprint density at radius 2 is 2.22 bits per heavy atom. The predicted octanol–water partition coefficient (Wildman–Crippen LogP) is 1.50. The molecule has 0 saturated carbocycles. The van der Waals surface area contributed by atoms with Crippen molar-refractivity contribution in [2.45, 2.75) is 31.6 Å². The lowest BCUT2D eigenvalue weighted by molar-refractivity contribution is -0.137. The van der Waals surface area contributed by atoms with Gasteiger partial charge in [-0.25, -0.2) is 0 Å². The van der Waals surface area contributed by atoms with E-state index >= 15 is 0 Å². The normalized spacial score (nSPS) is 25.3. The Bertz CT molecular complexity index is 733. The average molecular weight is 314 g/mol. The van der Waals surface area contributed by atoms with Crippen LogP contribution in [0.5, 0.6) is 5.75 Å². The molecule has 2 heterocycles. The van der Waals surface area contributed by atoms with Crippen LogP contribution in [0.3, 0.4) is 0 Å².